The SMILES string of the molecule is CCCCC(Oc1ccc(C#N)c(C(F)(F)F)c1)(C(N)=O)C(C)(C)CO. The van der Waals surface area contributed by atoms with Gasteiger partial charge in [0.2, 0.25) is 0 Å². The van der Waals surface area contributed by atoms with Gasteiger partial charge in [-0.3, -0.25) is 4.79 Å². The van der Waals surface area contributed by atoms with Gasteiger partial charge in [0.05, 0.1) is 23.8 Å². The Hall–Kier alpha value is -2.27. The Bertz CT molecular complexity index is 696. The zero-order valence-corrected chi connectivity index (χ0v) is 15.0. The monoisotopic (exact) mass is 372 g/mol. The van der Waals surface area contributed by atoms with Crippen LogP contribution >= 0.6 is 0 Å². The van der Waals surface area contributed by atoms with Gasteiger partial charge in [-0.1, -0.05) is 27.2 Å². The molecule has 1 amide bonds. The molecule has 0 radical (unpaired) electrons. The lowest BCUT2D eigenvalue weighted by Crippen LogP contribution is -2.60. The molecule has 0 spiro atoms. The molecule has 144 valence electrons. The molecule has 0 saturated heterocycles. The van der Waals surface area contributed by atoms with Gasteiger partial charge >= 0.3 is 6.18 Å². The number of hydrogen-bond donors (Lipinski definition) is 2. The third kappa shape index (κ3) is 4.28. The van der Waals surface area contributed by atoms with Crippen LogP contribution in [0, 0.1) is 16.7 Å². The Morgan fingerprint density at radius 3 is 2.38 bits per heavy atom. The van der Waals surface area contributed by atoms with E-state index < -0.39 is 40.8 Å². The molecule has 0 fully saturated rings. The van der Waals surface area contributed by atoms with Crippen LogP contribution in [0.15, 0.2) is 18.2 Å². The fourth-order valence-corrected chi connectivity index (χ4v) is 2.71. The van der Waals surface area contributed by atoms with Gasteiger partial charge in [0.25, 0.3) is 5.91 Å². The molecule has 1 aromatic rings. The van der Waals surface area contributed by atoms with E-state index in [0.29, 0.717) is 18.9 Å². The number of nitrogens with two attached hydrogens (primary N) is 1. The second-order valence-electron chi connectivity index (χ2n) is 6.76. The van der Waals surface area contributed by atoms with Crippen LogP contribution in [0.25, 0.3) is 0 Å². The zero-order valence-electron chi connectivity index (χ0n) is 15.0. The number of unbranched alkanes of at least 4 members (excludes halogenated alkanes) is 1. The van der Waals surface area contributed by atoms with E-state index in [9.17, 15) is 23.1 Å². The van der Waals surface area contributed by atoms with Crippen molar-refractivity contribution in [2.75, 3.05) is 6.61 Å². The molecule has 1 aromatic carbocycles. The lowest BCUT2D eigenvalue weighted by Gasteiger charge is -2.43. The number of alkyl halides is 3. The molecule has 3 N–H and O–H groups in total. The first-order chi connectivity index (χ1) is 11.9. The highest BCUT2D eigenvalue weighted by Crippen LogP contribution is 2.41. The van der Waals surface area contributed by atoms with Crippen LogP contribution in [0.2, 0.25) is 0 Å². The summed E-state index contributed by atoms with van der Waals surface area (Å²) in [5.41, 5.74) is 1.00. The molecular weight excluding hydrogens is 349 g/mol. The number of ether oxygens (including phenoxy) is 1. The van der Waals surface area contributed by atoms with Crippen molar-refractivity contribution >= 4 is 5.91 Å². The molecular formula is C18H23F3N2O3. The maximum Gasteiger partial charge on any atom is 0.417 e. The molecule has 8 heteroatoms. The van der Waals surface area contributed by atoms with Crippen molar-refractivity contribution in [3.63, 3.8) is 0 Å². The molecule has 5 nitrogen and oxygen atoms in total. The van der Waals surface area contributed by atoms with E-state index in [-0.39, 0.29) is 12.2 Å². The molecule has 0 bridgehead atoms. The van der Waals surface area contributed by atoms with E-state index >= 15 is 0 Å². The highest BCUT2D eigenvalue weighted by molar-refractivity contribution is 5.85. The Kier molecular flexibility index (Phi) is 6.66. The van der Waals surface area contributed by atoms with Gasteiger partial charge < -0.3 is 15.6 Å². The summed E-state index contributed by atoms with van der Waals surface area (Å²) in [7, 11) is 0. The van der Waals surface area contributed by atoms with Crippen LogP contribution in [-0.4, -0.2) is 23.2 Å². The van der Waals surface area contributed by atoms with Crippen molar-refractivity contribution in [3.8, 4) is 11.8 Å². The molecule has 0 aromatic heterocycles. The molecule has 0 heterocycles. The van der Waals surface area contributed by atoms with Crippen LogP contribution in [0.4, 0.5) is 13.2 Å². The van der Waals surface area contributed by atoms with Crippen molar-refractivity contribution in [1.29, 1.82) is 5.26 Å². The highest BCUT2D eigenvalue weighted by Gasteiger charge is 2.52. The van der Waals surface area contributed by atoms with Crippen LogP contribution < -0.4 is 10.5 Å². The number of aliphatic hydroxyl groups excluding tert-OH is 1. The number of primary amides is 1. The Labute approximate surface area is 150 Å². The van der Waals surface area contributed by atoms with Gasteiger partial charge in [-0.2, -0.15) is 18.4 Å². The van der Waals surface area contributed by atoms with E-state index in [1.807, 2.05) is 6.92 Å². The van der Waals surface area contributed by atoms with E-state index in [0.717, 1.165) is 6.07 Å². The zero-order chi connectivity index (χ0) is 20.2. The van der Waals surface area contributed by atoms with Crippen molar-refractivity contribution in [2.24, 2.45) is 11.1 Å². The highest BCUT2D eigenvalue weighted by atomic mass is 19.4. The molecule has 1 atom stereocenters. The lowest BCUT2D eigenvalue weighted by molar-refractivity contribution is -0.150. The summed E-state index contributed by atoms with van der Waals surface area (Å²) in [5, 5.41) is 18.6. The number of hydrogen-bond acceptors (Lipinski definition) is 4. The Balaban J connectivity index is 3.49. The number of aliphatic hydroxyl groups is 1. The number of amides is 1. The quantitative estimate of drug-likeness (QED) is 0.731. The predicted molar refractivity (Wildman–Crippen MR) is 89.1 cm³/mol. The minimum Gasteiger partial charge on any atom is -0.477 e. The minimum atomic E-state index is -4.75. The second-order valence-corrected chi connectivity index (χ2v) is 6.76. The second kappa shape index (κ2) is 7.96. The third-order valence-corrected chi connectivity index (χ3v) is 4.48. The van der Waals surface area contributed by atoms with Crippen molar-refractivity contribution in [3.05, 3.63) is 29.3 Å². The maximum absolute atomic E-state index is 13.2. The van der Waals surface area contributed by atoms with Gasteiger partial charge in [-0.25, -0.2) is 0 Å². The number of halogens is 3. The van der Waals surface area contributed by atoms with Gasteiger partial charge in [-0.05, 0) is 31.0 Å². The summed E-state index contributed by atoms with van der Waals surface area (Å²) in [6.07, 6.45) is -3.40. The number of carbonyl (C=O) groups excluding carboxylic acids is 1. The summed E-state index contributed by atoms with van der Waals surface area (Å²) < 4.78 is 45.2. The summed E-state index contributed by atoms with van der Waals surface area (Å²) >= 11 is 0. The van der Waals surface area contributed by atoms with Crippen LogP contribution in [-0.2, 0) is 11.0 Å². The summed E-state index contributed by atoms with van der Waals surface area (Å²) in [5.74, 6) is -1.12. The van der Waals surface area contributed by atoms with Crippen LogP contribution in [0.3, 0.4) is 0 Å². The topological polar surface area (TPSA) is 96.3 Å². The van der Waals surface area contributed by atoms with Gasteiger partial charge in [-0.15, -0.1) is 0 Å². The molecule has 0 aliphatic heterocycles. The Morgan fingerprint density at radius 1 is 1.35 bits per heavy atom. The van der Waals surface area contributed by atoms with E-state index in [4.69, 9.17) is 15.7 Å². The van der Waals surface area contributed by atoms with E-state index in [1.54, 1.807) is 13.8 Å². The molecule has 26 heavy (non-hydrogen) atoms. The average Bonchev–Trinajstić information content (AvgIpc) is 2.57. The Morgan fingerprint density at radius 2 is 1.96 bits per heavy atom. The van der Waals surface area contributed by atoms with E-state index in [1.165, 1.54) is 12.1 Å². The van der Waals surface area contributed by atoms with Crippen molar-refractivity contribution in [1.82, 2.24) is 0 Å². The fourth-order valence-electron chi connectivity index (χ4n) is 2.71. The van der Waals surface area contributed by atoms with Gasteiger partial charge in [0.1, 0.15) is 5.75 Å². The molecule has 1 rings (SSSR count). The first-order valence-electron chi connectivity index (χ1n) is 8.16. The number of nitrogens with zero attached hydrogens (tertiary/aromatic N) is 1. The summed E-state index contributed by atoms with van der Waals surface area (Å²) in [4.78, 5) is 12.3. The van der Waals surface area contributed by atoms with Crippen molar-refractivity contribution in [2.45, 2.75) is 51.8 Å². The van der Waals surface area contributed by atoms with Crippen LogP contribution in [0.5, 0.6) is 5.75 Å². The number of rotatable bonds is 8. The van der Waals surface area contributed by atoms with Gasteiger partial charge in [0, 0.05) is 5.41 Å². The largest absolute Gasteiger partial charge is 0.477 e. The van der Waals surface area contributed by atoms with Crippen LogP contribution in [0.1, 0.15) is 51.2 Å². The lowest BCUT2D eigenvalue weighted by atomic mass is 9.71. The average molecular weight is 372 g/mol. The summed E-state index contributed by atoms with van der Waals surface area (Å²) in [6.45, 7) is 4.53. The number of carbonyl (C=O) groups is 1. The molecule has 1 unspecified atom stereocenters. The number of nitriles is 1. The standard InChI is InChI=1S/C18H23F3N2O3/c1-4-5-8-17(15(23)25,16(2,3)11-24)26-13-7-6-12(10-22)14(9-13)18(19,20)21/h6-7,9,24H,4-5,8,11H2,1-3H3,(H2,23,25). The van der Waals surface area contributed by atoms with Crippen molar-refractivity contribution < 1.29 is 27.8 Å². The maximum atomic E-state index is 13.2. The number of benzene rings is 1. The predicted octanol–water partition coefficient (Wildman–Crippen LogP) is 3.39. The molecule has 0 saturated carbocycles. The minimum absolute atomic E-state index is 0.133. The normalized spacial score (nSPS) is 14.4. The molecule has 0 aliphatic rings. The van der Waals surface area contributed by atoms with E-state index in [2.05, 4.69) is 0 Å². The third-order valence-electron chi connectivity index (χ3n) is 4.48. The fraction of sp³-hybridized carbons (Fsp3) is 0.556. The smallest absolute Gasteiger partial charge is 0.417 e. The first kappa shape index (κ1) is 21.8. The summed E-state index contributed by atoms with van der Waals surface area (Å²) in [6, 6.07) is 4.33. The first-order valence-corrected chi connectivity index (χ1v) is 8.16. The van der Waals surface area contributed by atoms with Gasteiger partial charge in [0.15, 0.2) is 5.60 Å². The molecule has 0 aliphatic carbocycles.